The number of benzene rings is 2. The number of alkyl halides is 8. The Kier molecular flexibility index (Phi) is 25.8. The first-order valence-electron chi connectivity index (χ1n) is 33.6. The maximum atomic E-state index is 15.7. The van der Waals surface area contributed by atoms with E-state index in [1.54, 1.807) is 74.5 Å². The van der Waals surface area contributed by atoms with Gasteiger partial charge in [0.15, 0.2) is 22.9 Å². The van der Waals surface area contributed by atoms with Crippen LogP contribution in [0.15, 0.2) is 95.0 Å². The van der Waals surface area contributed by atoms with Crippen molar-refractivity contribution in [2.45, 2.75) is 119 Å². The van der Waals surface area contributed by atoms with Gasteiger partial charge >= 0.3 is 15.2 Å². The number of carbonyl (C=O) groups is 2. The number of anilines is 6. The summed E-state index contributed by atoms with van der Waals surface area (Å²) < 4.78 is 127. The van der Waals surface area contributed by atoms with Crippen LogP contribution in [0.4, 0.5) is 53.0 Å². The highest BCUT2D eigenvalue weighted by Gasteiger charge is 2.61. The zero-order valence-electron chi connectivity index (χ0n) is 59.5. The molecule has 0 radical (unpaired) electrons. The Morgan fingerprint density at radius 1 is 0.500 bits per heavy atom. The second-order valence-electron chi connectivity index (χ2n) is 26.1. The summed E-state index contributed by atoms with van der Waals surface area (Å²) in [4.78, 5) is 75.3. The number of nitrogen functional groups attached to an aromatic ring is 6. The number of aliphatic hydroxyl groups excluding tert-OH is 6. The number of aromatic nitrogens is 16. The number of ketones is 2. The third-order valence-corrected chi connectivity index (χ3v) is 25.6. The van der Waals surface area contributed by atoms with Crippen molar-refractivity contribution in [3.63, 3.8) is 0 Å². The second-order valence-corrected chi connectivity index (χ2v) is 35.1. The molecule has 20 atom stereocenters. The molecule has 14 rings (SSSR count). The summed E-state index contributed by atoms with van der Waals surface area (Å²) in [7, 11) is -7.87. The molecule has 4 fully saturated rings. The molecule has 616 valence electrons. The number of ether oxygens (including phenoxy) is 4. The summed E-state index contributed by atoms with van der Waals surface area (Å²) in [5.74, 6) is -1.87. The summed E-state index contributed by atoms with van der Waals surface area (Å²) in [6, 6.07) is 16.5. The van der Waals surface area contributed by atoms with Gasteiger partial charge in [-0.1, -0.05) is 50.2 Å². The number of rotatable bonds is 22. The maximum Gasteiger partial charge on any atom is 0.379 e. The molecule has 114 heavy (non-hydrogen) atoms. The number of Topliss-reactive ketones (excluding diaryl/α,β-unsaturated/α-hetero) is 2. The molecule has 4 aliphatic rings. The number of hydrogen-bond donors (Lipinski definition) is 14. The number of halogens is 8. The van der Waals surface area contributed by atoms with E-state index in [1.807, 2.05) is 0 Å². The highest BCUT2D eigenvalue weighted by Crippen LogP contribution is 2.56. The van der Waals surface area contributed by atoms with Crippen LogP contribution >= 0.6 is 78.9 Å². The van der Waals surface area contributed by atoms with Crippen molar-refractivity contribution < 1.29 is 104 Å². The number of para-hydroxylation sites is 2. The van der Waals surface area contributed by atoms with E-state index >= 15 is 8.78 Å². The van der Waals surface area contributed by atoms with Gasteiger partial charge in [0.1, 0.15) is 96.3 Å². The molecule has 0 bridgehead atoms. The topological polar surface area (TPSA) is 632 Å². The van der Waals surface area contributed by atoms with Crippen molar-refractivity contribution in [1.82, 2.24) is 78.3 Å². The predicted octanol–water partition coefficient (Wildman–Crippen LogP) is 3.04. The number of hydrogen-bond acceptors (Lipinski definition) is 36. The molecular formula is C62H72Br4F4N22O20P2. The summed E-state index contributed by atoms with van der Waals surface area (Å²) in [6.45, 7) is 3.77. The lowest BCUT2D eigenvalue weighted by Crippen LogP contribution is -2.37. The van der Waals surface area contributed by atoms with Crippen LogP contribution in [0, 0.1) is 11.8 Å². The molecule has 4 aliphatic heterocycles. The maximum absolute atomic E-state index is 15.7. The van der Waals surface area contributed by atoms with Crippen LogP contribution in [0.5, 0.6) is 11.5 Å². The van der Waals surface area contributed by atoms with E-state index in [-0.39, 0.29) is 116 Å². The number of H-pyrrole nitrogens is 2. The van der Waals surface area contributed by atoms with Gasteiger partial charge in [-0.2, -0.15) is 9.97 Å². The number of aromatic amines is 2. The van der Waals surface area contributed by atoms with Crippen molar-refractivity contribution in [1.29, 1.82) is 0 Å². The zero-order valence-corrected chi connectivity index (χ0v) is 67.6. The zero-order chi connectivity index (χ0) is 83.2. The molecule has 8 aromatic heterocycles. The summed E-state index contributed by atoms with van der Waals surface area (Å²) in [5, 5.41) is 75.0. The van der Waals surface area contributed by atoms with Crippen LogP contribution in [-0.4, -0.2) is 226 Å². The SMILES string of the molecule is CC(=O)[C@H](C)CP(=O)(OC[C@H]1O[C@@H](c2cnc3c(=O)[nH]c(N)nn23)C(F)(Br)[C@H]1O)Oc1ccccc1.CC(=O)[C@H](C)CP(=O)(OC[C@H]1O[C@@H](c2cnc3c(N)nc(N)nn23)C(F)(Br)[C@H]1O)Oc1ccccc1.Nc1nc(N)c2ncc([C@@H]3O[C@H](CO)[C@H](O)C3(F)Br)n2n1.Nc1nn2c([C@@H]3O[C@H](CO)[C@H](O)C3(F)Br)cnc2c(=O)[nH]1. The van der Waals surface area contributed by atoms with Crippen molar-refractivity contribution >= 4 is 148 Å². The summed E-state index contributed by atoms with van der Waals surface area (Å²) in [5.41, 5.74) is 32.9. The average molecular weight is 1900 g/mol. The third kappa shape index (κ3) is 17.8. The van der Waals surface area contributed by atoms with E-state index in [9.17, 15) is 57.5 Å². The molecule has 10 aromatic rings. The molecule has 2 aromatic carbocycles. The Morgan fingerprint density at radius 2 is 0.781 bits per heavy atom. The number of nitrogens with zero attached hydrogens (tertiary/aromatic N) is 14. The van der Waals surface area contributed by atoms with Crippen LogP contribution in [0.1, 0.15) is 74.9 Å². The minimum absolute atomic E-state index is 0.00218. The van der Waals surface area contributed by atoms with Gasteiger partial charge in [0.25, 0.3) is 11.1 Å². The molecule has 12 heterocycles. The monoisotopic (exact) mass is 1900 g/mol. The van der Waals surface area contributed by atoms with Gasteiger partial charge in [0, 0.05) is 11.8 Å². The lowest BCUT2D eigenvalue weighted by Gasteiger charge is -2.24. The van der Waals surface area contributed by atoms with E-state index in [1.165, 1.54) is 47.7 Å². The van der Waals surface area contributed by atoms with Crippen LogP contribution < -0.4 is 54.6 Å². The molecule has 0 saturated carbocycles. The standard InChI is InChI=1S/C21H25BrFN6O6P.C21H24BrFN5O7P.C10H12BrFN6O3.C10H11BrFN5O4/c1-11(12(2)30)10-36(32,35-13-6-4-3-5-7-13)33-9-15-16(31)21(22,23)17(34-15)14-8-26-19-18(24)27-20(25)28-29(14)19;1-11(12(2)29)10-36(32,35-13-6-4-3-5-7-13)33-9-15-16(30)21(22,23)17(34-15)14-8-25-18-19(31)26-20(24)27-28(14)18;11-10(12)5(20)4(2-19)21-6(10)3-1-15-8-7(13)16-9(14)17-18(3)8;11-10(12)5(19)4(2-18)21-6(10)3-1-14-7-8(20)15-9(13)16-17(3)7/h3-8,11,15-17,31H,9-10H2,1-2H3,(H4,24,25,27,28);3-8,11,15-17,30H,9-10H2,1-2H3,(H3,24,26,27,31);1,4-6,19-20H,2H2,(H4,13,14,16,17);1,4-6,18-19H,2H2,(H3,13,15,16,20)/t2*11-,15-,16+,17+,21?,36?;2*4-,5+,6+,10?/m1111/s1. The molecule has 6 unspecified atom stereocenters. The van der Waals surface area contributed by atoms with Gasteiger partial charge in [-0.05, 0) is 102 Å². The average Bonchev–Trinajstić information content (AvgIpc) is 1.68. The van der Waals surface area contributed by atoms with Crippen LogP contribution in [0.3, 0.4) is 0 Å². The number of imidazole rings is 4. The third-order valence-electron chi connectivity index (χ3n) is 18.0. The highest BCUT2D eigenvalue weighted by molar-refractivity contribution is 9.10. The molecule has 4 saturated heterocycles. The first-order chi connectivity index (χ1) is 53.5. The Hall–Kier alpha value is -8.40. The number of nitrogens with two attached hydrogens (primary N) is 6. The van der Waals surface area contributed by atoms with E-state index in [0.29, 0.717) is 0 Å². The minimum atomic E-state index is -3.95. The van der Waals surface area contributed by atoms with Gasteiger partial charge in [-0.3, -0.25) is 38.2 Å². The Bertz CT molecular complexity index is 5400. The fraction of sp³-hybridized carbons (Fsp3) is 0.452. The van der Waals surface area contributed by atoms with E-state index < -0.39 is 156 Å². The number of nitrogens with one attached hydrogen (secondary N) is 2. The quantitative estimate of drug-likeness (QED) is 0.0263. The number of fused-ring (bicyclic) bond motifs is 4. The molecule has 0 spiro atoms. The Labute approximate surface area is 671 Å². The lowest BCUT2D eigenvalue weighted by molar-refractivity contribution is -0.120. The molecule has 20 N–H and O–H groups in total. The largest absolute Gasteiger partial charge is 0.424 e. The van der Waals surface area contributed by atoms with E-state index in [4.69, 9.17) is 81.7 Å². The number of carbonyl (C=O) groups excluding carboxylic acids is 2. The first-order valence-corrected chi connectivity index (χ1v) is 40.2. The molecule has 42 nitrogen and oxygen atoms in total. The van der Waals surface area contributed by atoms with Gasteiger partial charge in [-0.25, -0.2) is 64.7 Å². The van der Waals surface area contributed by atoms with Crippen molar-refractivity contribution in [2.75, 3.05) is 73.2 Å². The first kappa shape index (κ1) is 86.5. The van der Waals surface area contributed by atoms with Gasteiger partial charge < -0.3 is 93.0 Å². The normalized spacial score (nSPS) is 28.9. The predicted molar refractivity (Wildman–Crippen MR) is 406 cm³/mol. The van der Waals surface area contributed by atoms with Gasteiger partial charge in [0.2, 0.25) is 53.4 Å². The molecule has 0 amide bonds. The molecule has 52 heteroatoms. The minimum Gasteiger partial charge on any atom is -0.424 e. The Morgan fingerprint density at radius 3 is 1.07 bits per heavy atom. The second kappa shape index (κ2) is 34.0. The van der Waals surface area contributed by atoms with E-state index in [2.05, 4.69) is 124 Å². The highest BCUT2D eigenvalue weighted by atomic mass is 79.9. The van der Waals surface area contributed by atoms with Crippen LogP contribution in [-0.2, 0) is 46.7 Å². The van der Waals surface area contributed by atoms with Crippen LogP contribution in [0.2, 0.25) is 0 Å². The van der Waals surface area contributed by atoms with E-state index in [0.717, 1.165) is 9.03 Å². The summed E-state index contributed by atoms with van der Waals surface area (Å²) in [6.07, 6.45) is -12.5. The van der Waals surface area contributed by atoms with Crippen molar-refractivity contribution in [3.05, 3.63) is 129 Å². The van der Waals surface area contributed by atoms with Crippen molar-refractivity contribution in [2.24, 2.45) is 11.8 Å². The summed E-state index contributed by atoms with van der Waals surface area (Å²) >= 11 is 11.3. The fourth-order valence-electron chi connectivity index (χ4n) is 11.8. The number of aliphatic hydroxyl groups is 6. The van der Waals surface area contributed by atoms with Crippen molar-refractivity contribution in [3.8, 4) is 11.5 Å². The van der Waals surface area contributed by atoms with Gasteiger partial charge in [0.05, 0.1) is 86.3 Å². The van der Waals surface area contributed by atoms with Gasteiger partial charge in [-0.15, -0.1) is 20.4 Å². The molecular weight excluding hydrogens is 1830 g/mol. The molecule has 0 aliphatic carbocycles. The smallest absolute Gasteiger partial charge is 0.379 e. The van der Waals surface area contributed by atoms with Crippen LogP contribution in [0.25, 0.3) is 22.6 Å². The Balaban J connectivity index is 0.000000154. The lowest BCUT2D eigenvalue weighted by atomic mass is 10.1. The fourth-order valence-corrected chi connectivity index (χ4v) is 18.3.